The van der Waals surface area contributed by atoms with Gasteiger partial charge in [-0.25, -0.2) is 9.36 Å². The topological polar surface area (TPSA) is 89.7 Å². The van der Waals surface area contributed by atoms with Crippen LogP contribution < -0.4 is 10.6 Å². The van der Waals surface area contributed by atoms with E-state index in [-0.39, 0.29) is 11.9 Å². The highest BCUT2D eigenvalue weighted by atomic mass is 35.5. The molecular weight excluding hydrogens is 366 g/mol. The number of rotatable bonds is 4. The molecule has 3 aromatic rings. The van der Waals surface area contributed by atoms with E-state index in [4.69, 9.17) is 11.6 Å². The molecule has 0 aliphatic carbocycles. The first-order valence-corrected chi connectivity index (χ1v) is 9.25. The van der Waals surface area contributed by atoms with Gasteiger partial charge in [0, 0.05) is 11.1 Å². The van der Waals surface area contributed by atoms with Gasteiger partial charge in [-0.3, -0.25) is 4.79 Å². The standard InChI is InChI=1S/C18H20ClN7O/c1-12-17(23-24-25(12)14-5-8-20-9-6-14)18(27)22-16-7-10-21-26(16)15-4-2-3-13(19)11-15/h2-4,7,10-11,14,20H,5-6,8-9H2,1H3,(H,22,27). The van der Waals surface area contributed by atoms with Crippen molar-refractivity contribution in [3.05, 3.63) is 52.9 Å². The van der Waals surface area contributed by atoms with E-state index in [1.807, 2.05) is 23.7 Å². The Morgan fingerprint density at radius 3 is 2.89 bits per heavy atom. The first-order chi connectivity index (χ1) is 13.1. The third kappa shape index (κ3) is 3.58. The minimum atomic E-state index is -0.309. The molecule has 1 aliphatic rings. The van der Waals surface area contributed by atoms with Crippen molar-refractivity contribution in [1.29, 1.82) is 0 Å². The average molecular weight is 386 g/mol. The van der Waals surface area contributed by atoms with Crippen molar-refractivity contribution in [3.8, 4) is 5.69 Å². The lowest BCUT2D eigenvalue weighted by molar-refractivity contribution is 0.102. The molecule has 0 saturated carbocycles. The zero-order valence-corrected chi connectivity index (χ0v) is 15.6. The fourth-order valence-electron chi connectivity index (χ4n) is 3.34. The predicted octanol–water partition coefficient (Wildman–Crippen LogP) is 2.60. The van der Waals surface area contributed by atoms with Crippen LogP contribution in [0.1, 0.15) is 35.1 Å². The fraction of sp³-hybridized carbons (Fsp3) is 0.333. The molecule has 0 spiro atoms. The van der Waals surface area contributed by atoms with Crippen molar-refractivity contribution >= 4 is 23.3 Å². The number of benzene rings is 1. The Bertz CT molecular complexity index is 958. The molecule has 0 bridgehead atoms. The molecule has 1 amide bonds. The van der Waals surface area contributed by atoms with Crippen LogP contribution >= 0.6 is 11.6 Å². The number of nitrogens with one attached hydrogen (secondary N) is 2. The van der Waals surface area contributed by atoms with E-state index in [2.05, 4.69) is 26.0 Å². The van der Waals surface area contributed by atoms with Crippen molar-refractivity contribution in [2.24, 2.45) is 0 Å². The highest BCUT2D eigenvalue weighted by molar-refractivity contribution is 6.30. The Balaban J connectivity index is 1.56. The average Bonchev–Trinajstić information content (AvgIpc) is 3.29. The Hall–Kier alpha value is -2.71. The maximum Gasteiger partial charge on any atom is 0.279 e. The first-order valence-electron chi connectivity index (χ1n) is 8.87. The van der Waals surface area contributed by atoms with E-state index >= 15 is 0 Å². The Morgan fingerprint density at radius 2 is 2.11 bits per heavy atom. The second kappa shape index (κ2) is 7.50. The summed E-state index contributed by atoms with van der Waals surface area (Å²) < 4.78 is 3.49. The Morgan fingerprint density at radius 1 is 1.30 bits per heavy atom. The molecule has 8 nitrogen and oxygen atoms in total. The van der Waals surface area contributed by atoms with E-state index in [1.54, 1.807) is 29.1 Å². The number of carbonyl (C=O) groups is 1. The monoisotopic (exact) mass is 385 g/mol. The van der Waals surface area contributed by atoms with Gasteiger partial charge in [-0.05, 0) is 51.1 Å². The number of aromatic nitrogens is 5. The molecule has 2 aromatic heterocycles. The van der Waals surface area contributed by atoms with Crippen molar-refractivity contribution in [2.75, 3.05) is 18.4 Å². The van der Waals surface area contributed by atoms with E-state index in [0.717, 1.165) is 37.3 Å². The van der Waals surface area contributed by atoms with Gasteiger partial charge in [-0.2, -0.15) is 5.10 Å². The fourth-order valence-corrected chi connectivity index (χ4v) is 3.52. The van der Waals surface area contributed by atoms with E-state index in [1.165, 1.54) is 0 Å². The molecule has 4 rings (SSSR count). The van der Waals surface area contributed by atoms with Crippen LogP contribution in [-0.2, 0) is 0 Å². The van der Waals surface area contributed by atoms with Crippen LogP contribution in [0.2, 0.25) is 5.02 Å². The molecule has 27 heavy (non-hydrogen) atoms. The van der Waals surface area contributed by atoms with E-state index < -0.39 is 0 Å². The van der Waals surface area contributed by atoms with E-state index in [0.29, 0.717) is 16.5 Å². The van der Waals surface area contributed by atoms with Crippen LogP contribution in [0.5, 0.6) is 0 Å². The van der Waals surface area contributed by atoms with Gasteiger partial charge in [0.15, 0.2) is 5.69 Å². The lowest BCUT2D eigenvalue weighted by atomic mass is 10.1. The number of halogens is 1. The molecule has 0 radical (unpaired) electrons. The van der Waals surface area contributed by atoms with Crippen LogP contribution in [0.25, 0.3) is 5.69 Å². The molecular formula is C18H20ClN7O. The van der Waals surface area contributed by atoms with Gasteiger partial charge in [0.05, 0.1) is 23.6 Å². The summed E-state index contributed by atoms with van der Waals surface area (Å²) in [5.74, 6) is 0.231. The molecule has 1 fully saturated rings. The maximum absolute atomic E-state index is 12.8. The molecule has 9 heteroatoms. The highest BCUT2D eigenvalue weighted by Gasteiger charge is 2.23. The van der Waals surface area contributed by atoms with Crippen LogP contribution in [0.15, 0.2) is 36.5 Å². The third-order valence-corrected chi connectivity index (χ3v) is 4.97. The summed E-state index contributed by atoms with van der Waals surface area (Å²) in [4.78, 5) is 12.8. The summed E-state index contributed by atoms with van der Waals surface area (Å²) in [6, 6.07) is 9.27. The maximum atomic E-state index is 12.8. The lowest BCUT2D eigenvalue weighted by Gasteiger charge is -2.23. The van der Waals surface area contributed by atoms with Gasteiger partial charge >= 0.3 is 0 Å². The molecule has 0 atom stereocenters. The quantitative estimate of drug-likeness (QED) is 0.720. The van der Waals surface area contributed by atoms with Crippen LogP contribution in [-0.4, -0.2) is 43.8 Å². The van der Waals surface area contributed by atoms with Crippen molar-refractivity contribution in [2.45, 2.75) is 25.8 Å². The number of hydrogen-bond donors (Lipinski definition) is 2. The summed E-state index contributed by atoms with van der Waals surface area (Å²) in [7, 11) is 0. The molecule has 140 valence electrons. The van der Waals surface area contributed by atoms with Gasteiger partial charge < -0.3 is 10.6 Å². The van der Waals surface area contributed by atoms with Crippen molar-refractivity contribution in [3.63, 3.8) is 0 Å². The summed E-state index contributed by atoms with van der Waals surface area (Å²) >= 11 is 6.06. The van der Waals surface area contributed by atoms with Crippen LogP contribution in [0.4, 0.5) is 5.82 Å². The van der Waals surface area contributed by atoms with Crippen molar-refractivity contribution < 1.29 is 4.79 Å². The molecule has 1 aliphatic heterocycles. The zero-order valence-electron chi connectivity index (χ0n) is 14.9. The molecule has 0 unspecified atom stereocenters. The first kappa shape index (κ1) is 17.7. The third-order valence-electron chi connectivity index (χ3n) is 4.73. The zero-order chi connectivity index (χ0) is 18.8. The number of anilines is 1. The highest BCUT2D eigenvalue weighted by Crippen LogP contribution is 2.22. The van der Waals surface area contributed by atoms with Crippen LogP contribution in [0.3, 0.4) is 0 Å². The van der Waals surface area contributed by atoms with Gasteiger partial charge in [0.2, 0.25) is 0 Å². The number of carbonyl (C=O) groups excluding carboxylic acids is 1. The number of hydrogen-bond acceptors (Lipinski definition) is 5. The van der Waals surface area contributed by atoms with Gasteiger partial charge in [-0.1, -0.05) is 22.9 Å². The summed E-state index contributed by atoms with van der Waals surface area (Å²) in [5, 5.41) is 19.4. The molecule has 3 heterocycles. The van der Waals surface area contributed by atoms with Crippen molar-refractivity contribution in [1.82, 2.24) is 30.1 Å². The van der Waals surface area contributed by atoms with E-state index in [9.17, 15) is 4.79 Å². The number of amides is 1. The van der Waals surface area contributed by atoms with Gasteiger partial charge in [0.1, 0.15) is 5.82 Å². The smallest absolute Gasteiger partial charge is 0.279 e. The van der Waals surface area contributed by atoms with Gasteiger partial charge in [-0.15, -0.1) is 5.10 Å². The summed E-state index contributed by atoms with van der Waals surface area (Å²) in [5.41, 5.74) is 1.86. The SMILES string of the molecule is Cc1c(C(=O)Nc2ccnn2-c2cccc(Cl)c2)nnn1C1CCNCC1. The Kier molecular flexibility index (Phi) is 4.91. The number of piperidine rings is 1. The minimum Gasteiger partial charge on any atom is -0.317 e. The largest absolute Gasteiger partial charge is 0.317 e. The number of nitrogens with zero attached hydrogens (tertiary/aromatic N) is 5. The predicted molar refractivity (Wildman–Crippen MR) is 102 cm³/mol. The Labute approximate surface area is 161 Å². The van der Waals surface area contributed by atoms with Crippen LogP contribution in [0, 0.1) is 6.92 Å². The summed E-state index contributed by atoms with van der Waals surface area (Å²) in [6.07, 6.45) is 3.58. The normalized spacial score (nSPS) is 15.0. The summed E-state index contributed by atoms with van der Waals surface area (Å²) in [6.45, 7) is 3.78. The second-order valence-corrected chi connectivity index (χ2v) is 6.95. The lowest BCUT2D eigenvalue weighted by Crippen LogP contribution is -2.30. The molecule has 1 saturated heterocycles. The van der Waals surface area contributed by atoms with Gasteiger partial charge in [0.25, 0.3) is 5.91 Å². The second-order valence-electron chi connectivity index (χ2n) is 6.51. The minimum absolute atomic E-state index is 0.275. The molecule has 2 N–H and O–H groups in total. The molecule has 1 aromatic carbocycles.